The first-order valence-corrected chi connectivity index (χ1v) is 7.16. The molecule has 116 valence electrons. The number of nitrogens with zero attached hydrogens (tertiary/aromatic N) is 2. The van der Waals surface area contributed by atoms with Crippen molar-refractivity contribution in [1.82, 2.24) is 9.80 Å². The molecule has 0 aliphatic carbocycles. The summed E-state index contributed by atoms with van der Waals surface area (Å²) in [5.74, 6) is 0.539. The van der Waals surface area contributed by atoms with E-state index in [9.17, 15) is 9.59 Å². The van der Waals surface area contributed by atoms with Gasteiger partial charge >= 0.3 is 0 Å². The molecule has 1 rings (SSSR count). The molecule has 1 saturated heterocycles. The minimum atomic E-state index is -0.0166. The second kappa shape index (κ2) is 8.92. The summed E-state index contributed by atoms with van der Waals surface area (Å²) in [5.41, 5.74) is 0. The first kappa shape index (κ1) is 16.9. The summed E-state index contributed by atoms with van der Waals surface area (Å²) in [6.07, 6.45) is 0.577. The van der Waals surface area contributed by atoms with Crippen LogP contribution in [0.1, 0.15) is 20.3 Å². The average molecular weight is 286 g/mol. The molecule has 0 N–H and O–H groups in total. The van der Waals surface area contributed by atoms with Crippen LogP contribution in [0.2, 0.25) is 0 Å². The van der Waals surface area contributed by atoms with E-state index in [-0.39, 0.29) is 18.4 Å². The van der Waals surface area contributed by atoms with Gasteiger partial charge in [-0.15, -0.1) is 0 Å². The van der Waals surface area contributed by atoms with Crippen LogP contribution in [-0.2, 0) is 19.1 Å². The lowest BCUT2D eigenvalue weighted by Gasteiger charge is -2.35. The third-order valence-electron chi connectivity index (χ3n) is 3.23. The minimum Gasteiger partial charge on any atom is -0.382 e. The molecule has 0 spiro atoms. The summed E-state index contributed by atoms with van der Waals surface area (Å²) in [7, 11) is 1.60. The summed E-state index contributed by atoms with van der Waals surface area (Å²) in [6.45, 7) is 7.50. The van der Waals surface area contributed by atoms with E-state index >= 15 is 0 Å². The predicted molar refractivity (Wildman–Crippen MR) is 75.3 cm³/mol. The van der Waals surface area contributed by atoms with Crippen molar-refractivity contribution in [2.75, 3.05) is 53.1 Å². The SMILES string of the molecule is COCCOCC(=O)N1CCN(C(=O)CC(C)C)CC1. The van der Waals surface area contributed by atoms with Gasteiger partial charge in [-0.05, 0) is 5.92 Å². The minimum absolute atomic E-state index is 0.0166. The van der Waals surface area contributed by atoms with Crippen molar-refractivity contribution in [3.05, 3.63) is 0 Å². The smallest absolute Gasteiger partial charge is 0.248 e. The van der Waals surface area contributed by atoms with E-state index in [1.165, 1.54) is 0 Å². The number of rotatable bonds is 7. The van der Waals surface area contributed by atoms with Gasteiger partial charge in [0.1, 0.15) is 6.61 Å². The van der Waals surface area contributed by atoms with Crippen LogP contribution in [0.5, 0.6) is 0 Å². The Morgan fingerprint density at radius 3 is 2.05 bits per heavy atom. The zero-order valence-electron chi connectivity index (χ0n) is 12.8. The third kappa shape index (κ3) is 5.88. The number of hydrogen-bond donors (Lipinski definition) is 0. The molecule has 0 aromatic heterocycles. The highest BCUT2D eigenvalue weighted by Gasteiger charge is 2.24. The lowest BCUT2D eigenvalue weighted by Crippen LogP contribution is -2.51. The van der Waals surface area contributed by atoms with Gasteiger partial charge in [0.15, 0.2) is 0 Å². The Morgan fingerprint density at radius 2 is 1.55 bits per heavy atom. The fraction of sp³-hybridized carbons (Fsp3) is 0.857. The van der Waals surface area contributed by atoms with Crippen molar-refractivity contribution >= 4 is 11.8 Å². The van der Waals surface area contributed by atoms with Gasteiger partial charge in [-0.1, -0.05) is 13.8 Å². The molecule has 1 aliphatic heterocycles. The molecule has 2 amide bonds. The topological polar surface area (TPSA) is 59.1 Å². The van der Waals surface area contributed by atoms with Crippen molar-refractivity contribution in [3.8, 4) is 0 Å². The summed E-state index contributed by atoms with van der Waals surface area (Å²) in [4.78, 5) is 27.4. The molecule has 1 aliphatic rings. The van der Waals surface area contributed by atoms with E-state index < -0.39 is 0 Å². The molecule has 6 nitrogen and oxygen atoms in total. The van der Waals surface area contributed by atoms with Gasteiger partial charge in [-0.3, -0.25) is 9.59 Å². The van der Waals surface area contributed by atoms with E-state index in [1.54, 1.807) is 12.0 Å². The maximum atomic E-state index is 11.9. The zero-order chi connectivity index (χ0) is 15.0. The van der Waals surface area contributed by atoms with Crippen molar-refractivity contribution in [1.29, 1.82) is 0 Å². The molecule has 0 bridgehead atoms. The van der Waals surface area contributed by atoms with Crippen molar-refractivity contribution in [3.63, 3.8) is 0 Å². The Bertz CT molecular complexity index is 312. The average Bonchev–Trinajstić information content (AvgIpc) is 2.43. The first-order valence-electron chi connectivity index (χ1n) is 7.16. The Hall–Kier alpha value is -1.14. The fourth-order valence-electron chi connectivity index (χ4n) is 2.08. The summed E-state index contributed by atoms with van der Waals surface area (Å²) in [6, 6.07) is 0. The molecule has 1 fully saturated rings. The van der Waals surface area contributed by atoms with Crippen molar-refractivity contribution in [2.45, 2.75) is 20.3 Å². The van der Waals surface area contributed by atoms with Crippen LogP contribution in [0, 0.1) is 5.92 Å². The molecule has 0 atom stereocenters. The van der Waals surface area contributed by atoms with Crippen LogP contribution in [-0.4, -0.2) is 74.7 Å². The van der Waals surface area contributed by atoms with E-state index in [1.807, 2.05) is 18.7 Å². The lowest BCUT2D eigenvalue weighted by molar-refractivity contribution is -0.143. The summed E-state index contributed by atoms with van der Waals surface area (Å²) < 4.78 is 10.1. The van der Waals surface area contributed by atoms with Crippen LogP contribution in [0.4, 0.5) is 0 Å². The number of carbonyl (C=O) groups is 2. The predicted octanol–water partition coefficient (Wildman–Crippen LogP) is 0.366. The molecule has 1 heterocycles. The number of amides is 2. The van der Waals surface area contributed by atoms with Crippen molar-refractivity contribution < 1.29 is 19.1 Å². The van der Waals surface area contributed by atoms with Gasteiger partial charge in [-0.2, -0.15) is 0 Å². The van der Waals surface area contributed by atoms with E-state index in [0.717, 1.165) is 0 Å². The largest absolute Gasteiger partial charge is 0.382 e. The molecular weight excluding hydrogens is 260 g/mol. The standard InChI is InChI=1S/C14H26N2O4/c1-12(2)10-13(17)15-4-6-16(7-5-15)14(18)11-20-9-8-19-3/h12H,4-11H2,1-3H3. The molecular formula is C14H26N2O4. The molecule has 0 aromatic rings. The fourth-order valence-corrected chi connectivity index (χ4v) is 2.08. The maximum absolute atomic E-state index is 11.9. The molecule has 6 heteroatoms. The highest BCUT2D eigenvalue weighted by Crippen LogP contribution is 2.08. The van der Waals surface area contributed by atoms with E-state index in [0.29, 0.717) is 51.7 Å². The Morgan fingerprint density at radius 1 is 1.00 bits per heavy atom. The zero-order valence-corrected chi connectivity index (χ0v) is 12.8. The Labute approximate surface area is 121 Å². The highest BCUT2D eigenvalue weighted by atomic mass is 16.5. The number of hydrogen-bond acceptors (Lipinski definition) is 4. The second-order valence-corrected chi connectivity index (χ2v) is 5.40. The molecule has 20 heavy (non-hydrogen) atoms. The van der Waals surface area contributed by atoms with E-state index in [2.05, 4.69) is 0 Å². The van der Waals surface area contributed by atoms with Gasteiger partial charge in [0.25, 0.3) is 0 Å². The quantitative estimate of drug-likeness (QED) is 0.634. The Kier molecular flexibility index (Phi) is 7.54. The lowest BCUT2D eigenvalue weighted by atomic mass is 10.1. The molecule has 0 unspecified atom stereocenters. The van der Waals surface area contributed by atoms with Gasteiger partial charge in [0, 0.05) is 39.7 Å². The normalized spacial score (nSPS) is 15.8. The van der Waals surface area contributed by atoms with Gasteiger partial charge in [0.2, 0.25) is 11.8 Å². The van der Waals surface area contributed by atoms with Crippen LogP contribution in [0.15, 0.2) is 0 Å². The van der Waals surface area contributed by atoms with Gasteiger partial charge in [0.05, 0.1) is 13.2 Å². The molecule has 0 saturated carbocycles. The number of piperazine rings is 1. The Balaban J connectivity index is 2.24. The van der Waals surface area contributed by atoms with Crippen LogP contribution in [0.3, 0.4) is 0 Å². The van der Waals surface area contributed by atoms with Crippen LogP contribution < -0.4 is 0 Å². The number of methoxy groups -OCH3 is 1. The maximum Gasteiger partial charge on any atom is 0.248 e. The van der Waals surface area contributed by atoms with Crippen LogP contribution in [0.25, 0.3) is 0 Å². The third-order valence-corrected chi connectivity index (χ3v) is 3.23. The monoisotopic (exact) mass is 286 g/mol. The van der Waals surface area contributed by atoms with E-state index in [4.69, 9.17) is 9.47 Å². The molecule has 0 aromatic carbocycles. The number of ether oxygens (including phenoxy) is 2. The van der Waals surface area contributed by atoms with Crippen molar-refractivity contribution in [2.24, 2.45) is 5.92 Å². The summed E-state index contributed by atoms with van der Waals surface area (Å²) in [5, 5.41) is 0. The summed E-state index contributed by atoms with van der Waals surface area (Å²) >= 11 is 0. The second-order valence-electron chi connectivity index (χ2n) is 5.40. The molecule has 0 radical (unpaired) electrons. The van der Waals surface area contributed by atoms with Crippen LogP contribution >= 0.6 is 0 Å². The van der Waals surface area contributed by atoms with Gasteiger partial charge in [-0.25, -0.2) is 0 Å². The van der Waals surface area contributed by atoms with Gasteiger partial charge < -0.3 is 19.3 Å². The number of carbonyl (C=O) groups excluding carboxylic acids is 2. The first-order chi connectivity index (χ1) is 9.54. The highest BCUT2D eigenvalue weighted by molar-refractivity contribution is 5.79.